The number of hydrogen-bond acceptors (Lipinski definition) is 6. The number of methoxy groups -OCH3 is 4. The van der Waals surface area contributed by atoms with E-state index >= 15 is 0 Å². The minimum atomic E-state index is 0.513. The highest BCUT2D eigenvalue weighted by atomic mass is 16.5. The summed E-state index contributed by atoms with van der Waals surface area (Å²) in [6.07, 6.45) is 2.94. The van der Waals surface area contributed by atoms with E-state index in [1.807, 2.05) is 43.3 Å². The number of imidazole rings is 1. The molecule has 0 amide bonds. The number of allylic oxidation sites excluding steroid dienone is 1. The number of hydrogen-bond donors (Lipinski definition) is 1. The lowest BCUT2D eigenvalue weighted by Gasteiger charge is -2.17. The van der Waals surface area contributed by atoms with Gasteiger partial charge in [0.1, 0.15) is 40.4 Å². The van der Waals surface area contributed by atoms with Crippen molar-refractivity contribution in [2.45, 2.75) is 46.2 Å². The van der Waals surface area contributed by atoms with Crippen molar-refractivity contribution >= 4 is 11.4 Å². The number of aryl methyl sites for hydroxylation is 1. The summed E-state index contributed by atoms with van der Waals surface area (Å²) in [5, 5.41) is 3.48. The Bertz CT molecular complexity index is 1280. The fraction of sp³-hybridized carbons (Fsp3) is 0.400. The molecule has 0 radical (unpaired) electrons. The largest absolute Gasteiger partial charge is 0.497 e. The lowest BCUT2D eigenvalue weighted by atomic mass is 10.1. The van der Waals surface area contributed by atoms with Gasteiger partial charge in [-0.1, -0.05) is 19.9 Å². The highest BCUT2D eigenvalue weighted by molar-refractivity contribution is 6.00. The topological polar surface area (TPSA) is 79.1 Å². The number of ether oxygens (including phenoxy) is 4. The molecule has 0 aliphatic heterocycles. The summed E-state index contributed by atoms with van der Waals surface area (Å²) >= 11 is 0. The van der Waals surface area contributed by atoms with Gasteiger partial charge in [0.05, 0.1) is 40.7 Å². The number of nitrogens with zero attached hydrogens (tertiary/aromatic N) is 3. The second-order valence-corrected chi connectivity index (χ2v) is 8.98. The summed E-state index contributed by atoms with van der Waals surface area (Å²) in [5.41, 5.74) is 4.66. The number of aliphatic imine (C=N–C) groups is 1. The third-order valence-electron chi connectivity index (χ3n) is 6.42. The lowest BCUT2D eigenvalue weighted by Crippen LogP contribution is -2.26. The quantitative estimate of drug-likeness (QED) is 0.237. The van der Waals surface area contributed by atoms with Crippen LogP contribution in [0.3, 0.4) is 0 Å². The molecule has 0 spiro atoms. The lowest BCUT2D eigenvalue weighted by molar-refractivity contribution is 0.390. The number of nitrogens with one attached hydrogen (secondary N) is 1. The molecule has 3 aromatic rings. The molecule has 0 saturated carbocycles. The number of aromatic nitrogens is 2. The van der Waals surface area contributed by atoms with Gasteiger partial charge in [-0.2, -0.15) is 0 Å². The van der Waals surface area contributed by atoms with Gasteiger partial charge in [-0.05, 0) is 43.2 Å². The molecule has 1 heterocycles. The summed E-state index contributed by atoms with van der Waals surface area (Å²) in [6.45, 7) is 9.59. The smallest absolute Gasteiger partial charge is 0.149 e. The van der Waals surface area contributed by atoms with Crippen molar-refractivity contribution in [3.8, 4) is 23.0 Å². The van der Waals surface area contributed by atoms with Crippen molar-refractivity contribution < 1.29 is 18.9 Å². The Balaban J connectivity index is 2.02. The Kier molecular flexibility index (Phi) is 10.2. The summed E-state index contributed by atoms with van der Waals surface area (Å²) < 4.78 is 24.2. The van der Waals surface area contributed by atoms with Crippen LogP contribution in [-0.2, 0) is 19.5 Å². The van der Waals surface area contributed by atoms with Gasteiger partial charge >= 0.3 is 0 Å². The van der Waals surface area contributed by atoms with E-state index in [9.17, 15) is 0 Å². The highest BCUT2D eigenvalue weighted by Gasteiger charge is 2.23. The predicted molar refractivity (Wildman–Crippen MR) is 153 cm³/mol. The van der Waals surface area contributed by atoms with Crippen LogP contribution in [0.4, 0.5) is 0 Å². The Hall–Kier alpha value is -3.94. The molecule has 1 N–H and O–H groups in total. The van der Waals surface area contributed by atoms with Crippen LogP contribution >= 0.6 is 0 Å². The van der Waals surface area contributed by atoms with Crippen LogP contribution in [0, 0.1) is 0 Å². The van der Waals surface area contributed by atoms with E-state index < -0.39 is 0 Å². The second kappa shape index (κ2) is 13.6. The number of benzene rings is 2. The van der Waals surface area contributed by atoms with E-state index in [2.05, 4.69) is 28.4 Å². The van der Waals surface area contributed by atoms with Crippen LogP contribution < -0.4 is 24.3 Å². The molecule has 0 unspecified atom stereocenters. The minimum Gasteiger partial charge on any atom is -0.497 e. The molecule has 0 aliphatic carbocycles. The van der Waals surface area contributed by atoms with E-state index in [1.54, 1.807) is 35.5 Å². The van der Waals surface area contributed by atoms with Crippen LogP contribution in [0.5, 0.6) is 23.0 Å². The van der Waals surface area contributed by atoms with E-state index in [0.717, 1.165) is 76.2 Å². The monoisotopic (exact) mass is 520 g/mol. The Morgan fingerprint density at radius 2 is 1.55 bits per heavy atom. The Morgan fingerprint density at radius 1 is 0.947 bits per heavy atom. The van der Waals surface area contributed by atoms with Gasteiger partial charge in [-0.3, -0.25) is 4.99 Å². The highest BCUT2D eigenvalue weighted by Crippen LogP contribution is 2.29. The van der Waals surface area contributed by atoms with Crippen molar-refractivity contribution in [3.63, 3.8) is 0 Å². The SMILES string of the molecule is C=C(C)c1c(C(=NC)NCc2ccc(OC)cc2OC)nc(CCCC)n1Cc1ccc(OC)cc1OC. The predicted octanol–water partition coefficient (Wildman–Crippen LogP) is 5.51. The first-order chi connectivity index (χ1) is 18.4. The van der Waals surface area contributed by atoms with E-state index in [4.69, 9.17) is 23.9 Å². The van der Waals surface area contributed by atoms with Gasteiger partial charge in [-0.25, -0.2) is 4.98 Å². The van der Waals surface area contributed by atoms with Crippen molar-refractivity contribution in [1.29, 1.82) is 0 Å². The number of amidine groups is 1. The van der Waals surface area contributed by atoms with Gasteiger partial charge in [-0.15, -0.1) is 0 Å². The standard InChI is InChI=1S/C30H40N4O4/c1-9-10-11-27-33-28(30(31-4)32-18-21-12-14-23(35-5)16-25(21)37-7)29(20(2)3)34(27)19-22-13-15-24(36-6)17-26(22)38-8/h12-17H,2,9-11,18-19H2,1,3-8H3,(H,31,32). The Morgan fingerprint density at radius 3 is 2.08 bits per heavy atom. The second-order valence-electron chi connectivity index (χ2n) is 8.98. The zero-order valence-corrected chi connectivity index (χ0v) is 23.7. The summed E-state index contributed by atoms with van der Waals surface area (Å²) in [7, 11) is 8.39. The molecule has 2 aromatic carbocycles. The maximum absolute atomic E-state index is 5.69. The fourth-order valence-corrected chi connectivity index (χ4v) is 4.39. The molecule has 0 bridgehead atoms. The van der Waals surface area contributed by atoms with Crippen molar-refractivity contribution in [2.24, 2.45) is 4.99 Å². The zero-order chi connectivity index (χ0) is 27.7. The molecular weight excluding hydrogens is 480 g/mol. The van der Waals surface area contributed by atoms with E-state index in [0.29, 0.717) is 18.9 Å². The fourth-order valence-electron chi connectivity index (χ4n) is 4.39. The molecule has 204 valence electrons. The molecule has 3 rings (SSSR count). The summed E-state index contributed by atoms with van der Waals surface area (Å²) in [6, 6.07) is 11.7. The van der Waals surface area contributed by atoms with Gasteiger partial charge < -0.3 is 28.8 Å². The summed E-state index contributed by atoms with van der Waals surface area (Å²) in [5.74, 6) is 4.69. The van der Waals surface area contributed by atoms with Gasteiger partial charge in [0.15, 0.2) is 0 Å². The minimum absolute atomic E-state index is 0.513. The van der Waals surface area contributed by atoms with Gasteiger partial charge in [0.25, 0.3) is 0 Å². The first kappa shape index (κ1) is 28.6. The van der Waals surface area contributed by atoms with Crippen LogP contribution in [-0.4, -0.2) is 50.9 Å². The van der Waals surface area contributed by atoms with E-state index in [-0.39, 0.29) is 0 Å². The first-order valence-corrected chi connectivity index (χ1v) is 12.8. The Labute approximate surface area is 226 Å². The molecule has 0 atom stereocenters. The van der Waals surface area contributed by atoms with Gasteiger partial charge in [0, 0.05) is 43.3 Å². The molecule has 1 aromatic heterocycles. The number of rotatable bonds is 13. The van der Waals surface area contributed by atoms with Crippen molar-refractivity contribution in [2.75, 3.05) is 35.5 Å². The molecule has 0 fully saturated rings. The van der Waals surface area contributed by atoms with Crippen LogP contribution in [0.1, 0.15) is 55.0 Å². The van der Waals surface area contributed by atoms with Crippen LogP contribution in [0.25, 0.3) is 5.57 Å². The normalized spacial score (nSPS) is 11.3. The van der Waals surface area contributed by atoms with Crippen LogP contribution in [0.2, 0.25) is 0 Å². The molecule has 8 nitrogen and oxygen atoms in total. The average molecular weight is 521 g/mol. The van der Waals surface area contributed by atoms with Gasteiger partial charge in [0.2, 0.25) is 0 Å². The first-order valence-electron chi connectivity index (χ1n) is 12.8. The molecule has 0 aliphatic rings. The third kappa shape index (κ3) is 6.49. The maximum Gasteiger partial charge on any atom is 0.149 e. The molecule has 38 heavy (non-hydrogen) atoms. The van der Waals surface area contributed by atoms with Crippen LogP contribution in [0.15, 0.2) is 48.0 Å². The average Bonchev–Trinajstić information content (AvgIpc) is 3.30. The summed E-state index contributed by atoms with van der Waals surface area (Å²) in [4.78, 5) is 9.69. The third-order valence-corrected chi connectivity index (χ3v) is 6.42. The van der Waals surface area contributed by atoms with E-state index in [1.165, 1.54) is 0 Å². The number of unbranched alkanes of at least 4 members (excludes halogenated alkanes) is 1. The zero-order valence-electron chi connectivity index (χ0n) is 23.7. The molecule has 0 saturated heterocycles. The van der Waals surface area contributed by atoms with Crippen molar-refractivity contribution in [3.05, 3.63) is 71.3 Å². The maximum atomic E-state index is 5.69. The molecular formula is C30H40N4O4. The molecule has 8 heteroatoms. The van der Waals surface area contributed by atoms with Crippen molar-refractivity contribution in [1.82, 2.24) is 14.9 Å².